The highest BCUT2D eigenvalue weighted by Crippen LogP contribution is 2.42. The largest absolute Gasteiger partial charge is 0.530 e. The van der Waals surface area contributed by atoms with Crippen molar-refractivity contribution < 1.29 is 18.7 Å². The molecule has 4 aromatic rings. The zero-order chi connectivity index (χ0) is 29.3. The highest BCUT2D eigenvalue weighted by atomic mass is 31.2. The van der Waals surface area contributed by atoms with Crippen molar-refractivity contribution in [1.82, 2.24) is 0 Å². The van der Waals surface area contributed by atoms with Gasteiger partial charge in [-0.1, -0.05) is 117 Å². The topological polar surface area (TPSA) is 47.9 Å². The summed E-state index contributed by atoms with van der Waals surface area (Å²) in [6.45, 7) is 8.37. The predicted molar refractivity (Wildman–Crippen MR) is 172 cm³/mol. The van der Waals surface area contributed by atoms with Crippen LogP contribution in [0.4, 0.5) is 0 Å². The molecule has 5 heteroatoms. The van der Waals surface area contributed by atoms with Gasteiger partial charge in [0, 0.05) is 0 Å². The fraction of sp³-hybridized carbons (Fsp3) is 0.333. The lowest BCUT2D eigenvalue weighted by Crippen LogP contribution is -2.02. The molecule has 1 N–H and O–H groups in total. The quantitative estimate of drug-likeness (QED) is 0.121. The number of rotatable bonds is 14. The number of phenols is 1. The lowest BCUT2D eigenvalue weighted by Gasteiger charge is -2.18. The summed E-state index contributed by atoms with van der Waals surface area (Å²) in [5.74, 6) is 2.61. The van der Waals surface area contributed by atoms with E-state index < -0.39 is 8.60 Å². The molecule has 4 aromatic carbocycles. The smallest absolute Gasteiger partial charge is 0.508 e. The van der Waals surface area contributed by atoms with E-state index in [9.17, 15) is 5.11 Å². The van der Waals surface area contributed by atoms with E-state index in [2.05, 4.69) is 6.92 Å². The highest BCUT2D eigenvalue weighted by Gasteiger charge is 2.19. The Morgan fingerprint density at radius 2 is 0.902 bits per heavy atom. The summed E-state index contributed by atoms with van der Waals surface area (Å²) in [6, 6.07) is 31.2. The second-order valence-corrected chi connectivity index (χ2v) is 11.4. The second-order valence-electron chi connectivity index (χ2n) is 10.4. The molecule has 0 spiro atoms. The third-order valence-electron chi connectivity index (χ3n) is 6.64. The minimum absolute atomic E-state index is 0.452. The number of benzene rings is 4. The minimum atomic E-state index is -1.62. The Bertz CT molecular complexity index is 1140. The van der Waals surface area contributed by atoms with E-state index in [-0.39, 0.29) is 0 Å². The fourth-order valence-electron chi connectivity index (χ4n) is 4.11. The van der Waals surface area contributed by atoms with Gasteiger partial charge in [-0.15, -0.1) is 0 Å². The van der Waals surface area contributed by atoms with Crippen molar-refractivity contribution in [2.75, 3.05) is 0 Å². The van der Waals surface area contributed by atoms with Gasteiger partial charge in [-0.2, -0.15) is 0 Å². The molecule has 0 aliphatic heterocycles. The van der Waals surface area contributed by atoms with Crippen LogP contribution in [0.15, 0.2) is 97.1 Å². The molecule has 218 valence electrons. The van der Waals surface area contributed by atoms with Crippen LogP contribution in [-0.2, 0) is 6.42 Å². The van der Waals surface area contributed by atoms with Gasteiger partial charge in [-0.25, -0.2) is 0 Å². The first kappa shape index (κ1) is 32.0. The molecule has 41 heavy (non-hydrogen) atoms. The van der Waals surface area contributed by atoms with Crippen LogP contribution in [0.3, 0.4) is 0 Å². The van der Waals surface area contributed by atoms with Gasteiger partial charge >= 0.3 is 8.60 Å². The fourth-order valence-corrected chi connectivity index (χ4v) is 5.10. The third-order valence-corrected chi connectivity index (χ3v) is 7.72. The molecular formula is C36H45O4P. The van der Waals surface area contributed by atoms with Gasteiger partial charge in [0.15, 0.2) is 0 Å². The zero-order valence-electron chi connectivity index (χ0n) is 25.0. The molecule has 0 saturated heterocycles. The van der Waals surface area contributed by atoms with E-state index in [1.807, 2.05) is 112 Å². The molecule has 4 nitrogen and oxygen atoms in total. The normalized spacial score (nSPS) is 10.6. The molecule has 0 aliphatic carbocycles. The van der Waals surface area contributed by atoms with Gasteiger partial charge in [-0.05, 0) is 81.6 Å². The third kappa shape index (κ3) is 12.7. The van der Waals surface area contributed by atoms with Crippen LogP contribution in [0.5, 0.6) is 23.0 Å². The number of unbranched alkanes of at least 4 members (excludes halogenated alkanes) is 6. The van der Waals surface area contributed by atoms with Gasteiger partial charge in [0.05, 0.1) is 0 Å². The number of aromatic hydroxyl groups is 1. The Labute approximate surface area is 248 Å². The monoisotopic (exact) mass is 572 g/mol. The van der Waals surface area contributed by atoms with Gasteiger partial charge in [-0.3, -0.25) is 0 Å². The van der Waals surface area contributed by atoms with E-state index in [1.165, 1.54) is 61.6 Å². The van der Waals surface area contributed by atoms with E-state index in [0.717, 1.165) is 29.2 Å². The maximum Gasteiger partial charge on any atom is 0.530 e. The Morgan fingerprint density at radius 3 is 1.32 bits per heavy atom. The van der Waals surface area contributed by atoms with Crippen molar-refractivity contribution in [3.05, 3.63) is 119 Å². The summed E-state index contributed by atoms with van der Waals surface area (Å²) in [7, 11) is -1.62. The maximum atomic E-state index is 9.58. The predicted octanol–water partition coefficient (Wildman–Crippen LogP) is 11.1. The van der Waals surface area contributed by atoms with Crippen LogP contribution in [0.2, 0.25) is 0 Å². The Hall–Kier alpha value is -3.49. The molecule has 0 radical (unpaired) electrons. The summed E-state index contributed by atoms with van der Waals surface area (Å²) in [6.07, 6.45) is 10.3. The van der Waals surface area contributed by atoms with Gasteiger partial charge < -0.3 is 18.7 Å². The number of aryl methyl sites for hydroxylation is 4. The van der Waals surface area contributed by atoms with Crippen LogP contribution < -0.4 is 13.6 Å². The Kier molecular flexibility index (Phi) is 14.1. The summed E-state index contributed by atoms with van der Waals surface area (Å²) in [5.41, 5.74) is 4.62. The first-order chi connectivity index (χ1) is 19.9. The van der Waals surface area contributed by atoms with Gasteiger partial charge in [0.25, 0.3) is 0 Å². The number of para-hydroxylation sites is 1. The number of phenolic OH excluding ortho intramolecular Hbond substituents is 1. The average molecular weight is 573 g/mol. The molecule has 0 saturated carbocycles. The van der Waals surface area contributed by atoms with Crippen molar-refractivity contribution in [2.45, 2.75) is 79.1 Å². The second kappa shape index (κ2) is 18.0. The lowest BCUT2D eigenvalue weighted by molar-refractivity contribution is 0.388. The minimum Gasteiger partial charge on any atom is -0.508 e. The SMILES string of the molecule is CCCCCCCCCc1ccccc1O.Cc1ccc(OP(Oc2ccc(C)cc2)Oc2ccc(C)cc2)cc1. The van der Waals surface area contributed by atoms with Crippen LogP contribution in [0.1, 0.15) is 74.1 Å². The summed E-state index contributed by atoms with van der Waals surface area (Å²) in [5, 5.41) is 9.58. The first-order valence-electron chi connectivity index (χ1n) is 14.7. The summed E-state index contributed by atoms with van der Waals surface area (Å²) in [4.78, 5) is 0. The van der Waals surface area contributed by atoms with E-state index in [1.54, 1.807) is 6.07 Å². The molecule has 0 amide bonds. The van der Waals surface area contributed by atoms with Gasteiger partial charge in [0.1, 0.15) is 23.0 Å². The van der Waals surface area contributed by atoms with Crippen molar-refractivity contribution in [3.8, 4) is 23.0 Å². The maximum absolute atomic E-state index is 9.58. The summed E-state index contributed by atoms with van der Waals surface area (Å²) < 4.78 is 17.9. The highest BCUT2D eigenvalue weighted by molar-refractivity contribution is 7.43. The molecule has 0 aromatic heterocycles. The van der Waals surface area contributed by atoms with Gasteiger partial charge in [0.2, 0.25) is 0 Å². The van der Waals surface area contributed by atoms with E-state index >= 15 is 0 Å². The first-order valence-corrected chi connectivity index (χ1v) is 15.8. The van der Waals surface area contributed by atoms with Crippen LogP contribution in [-0.4, -0.2) is 5.11 Å². The van der Waals surface area contributed by atoms with E-state index in [4.69, 9.17) is 13.6 Å². The van der Waals surface area contributed by atoms with E-state index in [0.29, 0.717) is 5.75 Å². The summed E-state index contributed by atoms with van der Waals surface area (Å²) >= 11 is 0. The molecule has 0 aliphatic rings. The Balaban J connectivity index is 0.000000250. The molecule has 0 fully saturated rings. The van der Waals surface area contributed by atoms with Crippen molar-refractivity contribution in [3.63, 3.8) is 0 Å². The van der Waals surface area contributed by atoms with Crippen LogP contribution in [0.25, 0.3) is 0 Å². The molecule has 0 atom stereocenters. The van der Waals surface area contributed by atoms with Crippen molar-refractivity contribution in [1.29, 1.82) is 0 Å². The standard InChI is InChI=1S/C21H21O3P.C15H24O/c1-16-4-10-19(11-5-16)22-25(23-20-12-6-17(2)7-13-20)24-21-14-8-18(3)9-15-21;1-2-3-4-5-6-7-8-11-14-12-9-10-13-15(14)16/h4-15H,1-3H3;9-10,12-13,16H,2-8,11H2,1H3. The Morgan fingerprint density at radius 1 is 0.512 bits per heavy atom. The average Bonchev–Trinajstić information content (AvgIpc) is 2.97. The molecule has 0 heterocycles. The van der Waals surface area contributed by atoms with Crippen molar-refractivity contribution >= 4 is 8.60 Å². The lowest BCUT2D eigenvalue weighted by atomic mass is 10.0. The molecule has 0 bridgehead atoms. The zero-order valence-corrected chi connectivity index (χ0v) is 25.9. The number of hydrogen-bond acceptors (Lipinski definition) is 4. The molecular weight excluding hydrogens is 527 g/mol. The number of hydrogen-bond donors (Lipinski definition) is 1. The molecule has 4 rings (SSSR count). The van der Waals surface area contributed by atoms with Crippen molar-refractivity contribution in [2.24, 2.45) is 0 Å². The van der Waals surface area contributed by atoms with Crippen LogP contribution >= 0.6 is 8.60 Å². The van der Waals surface area contributed by atoms with Crippen LogP contribution in [0, 0.1) is 20.8 Å². The molecule has 0 unspecified atom stereocenters.